The third-order valence-corrected chi connectivity index (χ3v) is 3.83. The summed E-state index contributed by atoms with van der Waals surface area (Å²) in [6.45, 7) is 4.18. The van der Waals surface area contributed by atoms with Crippen molar-refractivity contribution in [2.24, 2.45) is 0 Å². The van der Waals surface area contributed by atoms with Gasteiger partial charge in [-0.2, -0.15) is 18.2 Å². The number of anilines is 1. The minimum absolute atomic E-state index is 0.0397. The Labute approximate surface area is 123 Å². The molecule has 20 heavy (non-hydrogen) atoms. The monoisotopic (exact) mass is 323 g/mol. The second kappa shape index (κ2) is 5.37. The van der Waals surface area contributed by atoms with Gasteiger partial charge in [-0.25, -0.2) is 4.98 Å². The van der Waals surface area contributed by atoms with Crippen LogP contribution in [0.1, 0.15) is 18.7 Å². The Kier molecular flexibility index (Phi) is 4.11. The Balaban J connectivity index is 2.57. The summed E-state index contributed by atoms with van der Waals surface area (Å²) in [5.41, 5.74) is 0. The molecule has 0 saturated carbocycles. The van der Waals surface area contributed by atoms with Gasteiger partial charge in [0.15, 0.2) is 0 Å². The minimum Gasteiger partial charge on any atom is -0.344 e. The van der Waals surface area contributed by atoms with Crippen molar-refractivity contribution in [3.05, 3.63) is 16.2 Å². The highest BCUT2D eigenvalue weighted by atomic mass is 35.5. The summed E-state index contributed by atoms with van der Waals surface area (Å²) in [6, 6.07) is 1.43. The highest BCUT2D eigenvalue weighted by molar-refractivity contribution is 7.18. The van der Waals surface area contributed by atoms with E-state index in [0.29, 0.717) is 10.2 Å². The molecule has 0 amide bonds. The molecule has 0 aliphatic rings. The smallest absolute Gasteiger partial charge is 0.344 e. The van der Waals surface area contributed by atoms with Crippen LogP contribution in [0.25, 0.3) is 10.2 Å². The normalized spacial score (nSPS) is 12.4. The van der Waals surface area contributed by atoms with Crippen LogP contribution in [-0.2, 0) is 0 Å². The predicted molar refractivity (Wildman–Crippen MR) is 75.7 cm³/mol. The number of aryl methyl sites for hydroxylation is 1. The summed E-state index contributed by atoms with van der Waals surface area (Å²) in [4.78, 5) is 10.8. The van der Waals surface area contributed by atoms with E-state index < -0.39 is 12.7 Å². The van der Waals surface area contributed by atoms with Crippen LogP contribution in [0.4, 0.5) is 19.0 Å². The molecular formula is C12H13ClF3N3S. The van der Waals surface area contributed by atoms with Gasteiger partial charge in [0.25, 0.3) is 0 Å². The fourth-order valence-electron chi connectivity index (χ4n) is 1.92. The van der Waals surface area contributed by atoms with Gasteiger partial charge in [-0.15, -0.1) is 11.3 Å². The van der Waals surface area contributed by atoms with E-state index in [1.165, 1.54) is 16.2 Å². The van der Waals surface area contributed by atoms with Gasteiger partial charge in [0.2, 0.25) is 5.28 Å². The van der Waals surface area contributed by atoms with Gasteiger partial charge in [0, 0.05) is 10.9 Å². The van der Waals surface area contributed by atoms with Crippen molar-refractivity contribution in [3.8, 4) is 0 Å². The van der Waals surface area contributed by atoms with Crippen molar-refractivity contribution < 1.29 is 13.2 Å². The van der Waals surface area contributed by atoms with Gasteiger partial charge in [-0.05, 0) is 38.4 Å². The maximum absolute atomic E-state index is 12.7. The SMILES string of the molecule is Cc1cc2c(N(CC(F)(F)F)C(C)C)nc(Cl)nc2s1. The largest absolute Gasteiger partial charge is 0.405 e. The maximum atomic E-state index is 12.7. The molecule has 2 aromatic rings. The van der Waals surface area contributed by atoms with Crippen molar-refractivity contribution in [2.75, 3.05) is 11.4 Å². The molecule has 2 heterocycles. The summed E-state index contributed by atoms with van der Waals surface area (Å²) in [6.07, 6.45) is -4.31. The van der Waals surface area contributed by atoms with Crippen molar-refractivity contribution in [2.45, 2.75) is 33.0 Å². The van der Waals surface area contributed by atoms with Gasteiger partial charge in [0.05, 0.1) is 5.39 Å². The zero-order valence-electron chi connectivity index (χ0n) is 11.1. The van der Waals surface area contributed by atoms with Gasteiger partial charge < -0.3 is 4.90 Å². The Morgan fingerprint density at radius 1 is 1.35 bits per heavy atom. The molecule has 0 fully saturated rings. The van der Waals surface area contributed by atoms with E-state index >= 15 is 0 Å². The topological polar surface area (TPSA) is 29.0 Å². The lowest BCUT2D eigenvalue weighted by Gasteiger charge is -2.29. The van der Waals surface area contributed by atoms with E-state index in [4.69, 9.17) is 11.6 Å². The first-order chi connectivity index (χ1) is 9.17. The van der Waals surface area contributed by atoms with E-state index in [-0.39, 0.29) is 17.1 Å². The number of aromatic nitrogens is 2. The number of hydrogen-bond donors (Lipinski definition) is 0. The fourth-order valence-corrected chi connectivity index (χ4v) is 3.00. The van der Waals surface area contributed by atoms with Crippen LogP contribution in [0.5, 0.6) is 0 Å². The molecule has 110 valence electrons. The molecule has 2 aromatic heterocycles. The van der Waals surface area contributed by atoms with Gasteiger partial charge in [-0.3, -0.25) is 0 Å². The average Bonchev–Trinajstić information content (AvgIpc) is 2.63. The second-order valence-corrected chi connectivity index (χ2v) is 6.30. The summed E-state index contributed by atoms with van der Waals surface area (Å²) >= 11 is 7.21. The molecule has 0 spiro atoms. The van der Waals surface area contributed by atoms with E-state index in [0.717, 1.165) is 4.88 Å². The number of thiophene rings is 1. The van der Waals surface area contributed by atoms with Crippen LogP contribution < -0.4 is 4.90 Å². The number of nitrogens with zero attached hydrogens (tertiary/aromatic N) is 3. The molecule has 0 N–H and O–H groups in total. The third kappa shape index (κ3) is 3.32. The first-order valence-electron chi connectivity index (χ1n) is 5.94. The Hall–Kier alpha value is -1.08. The Morgan fingerprint density at radius 3 is 2.55 bits per heavy atom. The van der Waals surface area contributed by atoms with Gasteiger partial charge in [0.1, 0.15) is 17.2 Å². The van der Waals surface area contributed by atoms with Crippen LogP contribution in [0, 0.1) is 6.92 Å². The van der Waals surface area contributed by atoms with Crippen molar-refractivity contribution in [1.29, 1.82) is 0 Å². The lowest BCUT2D eigenvalue weighted by molar-refractivity contribution is -0.120. The molecular weight excluding hydrogens is 311 g/mol. The second-order valence-electron chi connectivity index (χ2n) is 4.73. The summed E-state index contributed by atoms with van der Waals surface area (Å²) in [5, 5.41) is 0.567. The average molecular weight is 324 g/mol. The minimum atomic E-state index is -4.31. The fraction of sp³-hybridized carbons (Fsp3) is 0.500. The Bertz CT molecular complexity index is 624. The highest BCUT2D eigenvalue weighted by Crippen LogP contribution is 2.33. The van der Waals surface area contributed by atoms with Crippen LogP contribution in [0.3, 0.4) is 0 Å². The highest BCUT2D eigenvalue weighted by Gasteiger charge is 2.33. The quantitative estimate of drug-likeness (QED) is 0.782. The molecule has 0 bridgehead atoms. The third-order valence-electron chi connectivity index (χ3n) is 2.71. The van der Waals surface area contributed by atoms with E-state index in [1.54, 1.807) is 19.9 Å². The van der Waals surface area contributed by atoms with Crippen LogP contribution >= 0.6 is 22.9 Å². The summed E-state index contributed by atoms with van der Waals surface area (Å²) in [7, 11) is 0. The van der Waals surface area contributed by atoms with Crippen molar-refractivity contribution in [1.82, 2.24) is 9.97 Å². The molecule has 8 heteroatoms. The number of fused-ring (bicyclic) bond motifs is 1. The van der Waals surface area contributed by atoms with Gasteiger partial charge in [-0.1, -0.05) is 0 Å². The molecule has 0 radical (unpaired) electrons. The molecule has 0 unspecified atom stereocenters. The van der Waals surface area contributed by atoms with Crippen LogP contribution in [0.15, 0.2) is 6.07 Å². The van der Waals surface area contributed by atoms with Crippen molar-refractivity contribution >= 4 is 39.0 Å². The molecule has 0 saturated heterocycles. The molecule has 3 nitrogen and oxygen atoms in total. The first-order valence-corrected chi connectivity index (χ1v) is 7.14. The number of halogens is 4. The predicted octanol–water partition coefficient (Wildman–Crippen LogP) is 4.43. The maximum Gasteiger partial charge on any atom is 0.405 e. The van der Waals surface area contributed by atoms with Crippen molar-refractivity contribution in [3.63, 3.8) is 0 Å². The van der Waals surface area contributed by atoms with E-state index in [1.807, 2.05) is 6.92 Å². The molecule has 2 rings (SSSR count). The van der Waals surface area contributed by atoms with Crippen LogP contribution in [0.2, 0.25) is 5.28 Å². The summed E-state index contributed by atoms with van der Waals surface area (Å²) < 4.78 is 38.2. The van der Waals surface area contributed by atoms with E-state index in [9.17, 15) is 13.2 Å². The molecule has 0 aliphatic heterocycles. The number of rotatable bonds is 3. The summed E-state index contributed by atoms with van der Waals surface area (Å²) in [5.74, 6) is 0.233. The van der Waals surface area contributed by atoms with E-state index in [2.05, 4.69) is 9.97 Å². The van der Waals surface area contributed by atoms with Crippen LogP contribution in [-0.4, -0.2) is 28.7 Å². The molecule has 0 aliphatic carbocycles. The zero-order chi connectivity index (χ0) is 15.1. The standard InChI is InChI=1S/C12H13ClF3N3S/c1-6(2)19(5-12(14,15)16)9-8-4-7(3)20-10(8)18-11(13)17-9/h4,6H,5H2,1-3H3. The number of alkyl halides is 3. The molecule has 0 aromatic carbocycles. The first kappa shape index (κ1) is 15.3. The lowest BCUT2D eigenvalue weighted by Crippen LogP contribution is -2.39. The zero-order valence-corrected chi connectivity index (χ0v) is 12.7. The number of hydrogen-bond acceptors (Lipinski definition) is 4. The Morgan fingerprint density at radius 2 is 2.00 bits per heavy atom. The van der Waals surface area contributed by atoms with Gasteiger partial charge >= 0.3 is 6.18 Å². The lowest BCUT2D eigenvalue weighted by atomic mass is 10.2. The molecule has 0 atom stereocenters.